The lowest BCUT2D eigenvalue weighted by molar-refractivity contribution is 0.0929. The number of nitrogens with zero attached hydrogens (tertiary/aromatic N) is 1. The summed E-state index contributed by atoms with van der Waals surface area (Å²) in [6.07, 6.45) is 1.41. The van der Waals surface area contributed by atoms with Gasteiger partial charge in [-0.1, -0.05) is 29.8 Å². The smallest absolute Gasteiger partial charge is 0.269 e. The van der Waals surface area contributed by atoms with Gasteiger partial charge >= 0.3 is 0 Å². The van der Waals surface area contributed by atoms with Crippen molar-refractivity contribution >= 4 is 28.4 Å². The average molecular weight is 295 g/mol. The summed E-state index contributed by atoms with van der Waals surface area (Å²) in [6.45, 7) is 2.05. The van der Waals surface area contributed by atoms with E-state index in [0.29, 0.717) is 17.1 Å². The largest absolute Gasteiger partial charge is 0.396 e. The van der Waals surface area contributed by atoms with Gasteiger partial charge in [0.25, 0.3) is 5.91 Å². The van der Waals surface area contributed by atoms with E-state index in [0.717, 1.165) is 17.3 Å². The minimum atomic E-state index is -0.181. The van der Waals surface area contributed by atoms with E-state index in [4.69, 9.17) is 16.7 Å². The number of benzene rings is 1. The van der Waals surface area contributed by atoms with Crippen LogP contribution < -0.4 is 5.32 Å². The van der Waals surface area contributed by atoms with Crippen LogP contribution in [0.1, 0.15) is 30.3 Å². The van der Waals surface area contributed by atoms with Crippen LogP contribution >= 0.6 is 11.6 Å². The van der Waals surface area contributed by atoms with Gasteiger partial charge in [0, 0.05) is 30.6 Å². The second-order valence-corrected chi connectivity index (χ2v) is 5.36. The number of carbonyl (C=O) groups is 1. The van der Waals surface area contributed by atoms with Crippen LogP contribution in [0.3, 0.4) is 0 Å². The summed E-state index contributed by atoms with van der Waals surface area (Å²) in [7, 11) is 1.83. The molecule has 0 saturated heterocycles. The number of para-hydroxylation sites is 1. The van der Waals surface area contributed by atoms with Crippen molar-refractivity contribution in [3.8, 4) is 0 Å². The first-order chi connectivity index (χ1) is 9.56. The van der Waals surface area contributed by atoms with Gasteiger partial charge in [-0.15, -0.1) is 0 Å². The molecule has 5 heteroatoms. The fourth-order valence-electron chi connectivity index (χ4n) is 2.36. The van der Waals surface area contributed by atoms with Crippen LogP contribution in [0.15, 0.2) is 24.3 Å². The predicted octanol–water partition coefficient (Wildman–Crippen LogP) is 2.72. The van der Waals surface area contributed by atoms with E-state index in [-0.39, 0.29) is 18.6 Å². The van der Waals surface area contributed by atoms with E-state index in [1.54, 1.807) is 0 Å². The maximum atomic E-state index is 12.4. The number of amides is 1. The number of fused-ring (bicyclic) bond motifs is 1. The van der Waals surface area contributed by atoms with Crippen LogP contribution in [-0.4, -0.2) is 28.2 Å². The fraction of sp³-hybridized carbons (Fsp3) is 0.400. The zero-order valence-corrected chi connectivity index (χ0v) is 12.4. The molecule has 0 aliphatic rings. The topological polar surface area (TPSA) is 54.3 Å². The van der Waals surface area contributed by atoms with Crippen LogP contribution in [0.2, 0.25) is 5.02 Å². The van der Waals surface area contributed by atoms with E-state index >= 15 is 0 Å². The number of rotatable bonds is 5. The lowest BCUT2D eigenvalue weighted by Gasteiger charge is -2.14. The zero-order chi connectivity index (χ0) is 14.7. The first-order valence-corrected chi connectivity index (χ1v) is 7.08. The van der Waals surface area contributed by atoms with E-state index in [2.05, 4.69) is 5.32 Å². The van der Waals surface area contributed by atoms with Crippen molar-refractivity contribution in [2.45, 2.75) is 25.8 Å². The van der Waals surface area contributed by atoms with Gasteiger partial charge in [0.2, 0.25) is 0 Å². The second-order valence-electron chi connectivity index (χ2n) is 4.98. The summed E-state index contributed by atoms with van der Waals surface area (Å²) in [5.41, 5.74) is 1.41. The van der Waals surface area contributed by atoms with Crippen LogP contribution in [0, 0.1) is 0 Å². The molecular weight excluding hydrogens is 276 g/mol. The third kappa shape index (κ3) is 2.81. The molecule has 1 heterocycles. The number of hydrogen-bond acceptors (Lipinski definition) is 2. The molecule has 0 radical (unpaired) electrons. The third-order valence-electron chi connectivity index (χ3n) is 3.43. The summed E-state index contributed by atoms with van der Waals surface area (Å²) < 4.78 is 1.81. The third-order valence-corrected chi connectivity index (χ3v) is 3.82. The first kappa shape index (κ1) is 14.9. The molecule has 1 unspecified atom stereocenters. The normalized spacial score (nSPS) is 12.6. The molecule has 2 aromatic rings. The summed E-state index contributed by atoms with van der Waals surface area (Å²) >= 11 is 6.32. The molecule has 1 atom stereocenters. The van der Waals surface area contributed by atoms with E-state index in [9.17, 15) is 4.79 Å². The maximum absolute atomic E-state index is 12.4. The standard InChI is InChI=1S/C15H19ClN2O2/c1-10(6-5-9-19)17-15(20)14-13(16)11-7-3-4-8-12(11)18(14)2/h3-4,7-8,10,19H,5-6,9H2,1-2H3,(H,17,20). The highest BCUT2D eigenvalue weighted by molar-refractivity contribution is 6.38. The number of nitrogens with one attached hydrogen (secondary N) is 1. The van der Waals surface area contributed by atoms with Crippen molar-refractivity contribution in [1.29, 1.82) is 0 Å². The Morgan fingerprint density at radius 1 is 1.45 bits per heavy atom. The molecule has 1 aromatic heterocycles. The van der Waals surface area contributed by atoms with Gasteiger partial charge in [0.15, 0.2) is 0 Å². The molecule has 0 saturated carbocycles. The Morgan fingerprint density at radius 3 is 2.80 bits per heavy atom. The number of aromatic nitrogens is 1. The SMILES string of the molecule is CC(CCCO)NC(=O)c1c(Cl)c2ccccc2n1C. The summed E-state index contributed by atoms with van der Waals surface area (Å²) in [5, 5.41) is 13.1. The van der Waals surface area contributed by atoms with Crippen molar-refractivity contribution in [3.05, 3.63) is 35.0 Å². The van der Waals surface area contributed by atoms with Gasteiger partial charge in [-0.05, 0) is 25.8 Å². The Bertz CT molecular complexity index is 583. The summed E-state index contributed by atoms with van der Waals surface area (Å²) in [5.74, 6) is -0.181. The van der Waals surface area contributed by atoms with Gasteiger partial charge in [0.05, 0.1) is 5.02 Å². The first-order valence-electron chi connectivity index (χ1n) is 6.71. The molecule has 2 N–H and O–H groups in total. The minimum Gasteiger partial charge on any atom is -0.396 e. The number of aryl methyl sites for hydroxylation is 1. The van der Waals surface area contributed by atoms with Gasteiger partial charge in [0.1, 0.15) is 5.69 Å². The molecule has 1 aromatic carbocycles. The Balaban J connectivity index is 2.26. The van der Waals surface area contributed by atoms with Crippen LogP contribution in [0.25, 0.3) is 10.9 Å². The second kappa shape index (κ2) is 6.29. The highest BCUT2D eigenvalue weighted by Crippen LogP contribution is 2.29. The van der Waals surface area contributed by atoms with Gasteiger partial charge in [-0.25, -0.2) is 0 Å². The molecule has 108 valence electrons. The molecule has 20 heavy (non-hydrogen) atoms. The number of hydrogen-bond donors (Lipinski definition) is 2. The van der Waals surface area contributed by atoms with Crippen LogP contribution in [0.5, 0.6) is 0 Å². The van der Waals surface area contributed by atoms with Crippen LogP contribution in [-0.2, 0) is 7.05 Å². The molecule has 0 aliphatic carbocycles. The number of carbonyl (C=O) groups excluding carboxylic acids is 1. The van der Waals surface area contributed by atoms with Gasteiger partial charge in [-0.2, -0.15) is 0 Å². The van der Waals surface area contributed by atoms with Gasteiger partial charge < -0.3 is 15.0 Å². The molecular formula is C15H19ClN2O2. The molecule has 0 fully saturated rings. The number of halogens is 1. The number of aliphatic hydroxyl groups excluding tert-OH is 1. The molecule has 2 rings (SSSR count). The Morgan fingerprint density at radius 2 is 2.15 bits per heavy atom. The van der Waals surface area contributed by atoms with Gasteiger partial charge in [-0.3, -0.25) is 4.79 Å². The maximum Gasteiger partial charge on any atom is 0.269 e. The summed E-state index contributed by atoms with van der Waals surface area (Å²) in [4.78, 5) is 12.4. The zero-order valence-electron chi connectivity index (χ0n) is 11.7. The molecule has 4 nitrogen and oxygen atoms in total. The highest BCUT2D eigenvalue weighted by Gasteiger charge is 2.20. The monoisotopic (exact) mass is 294 g/mol. The molecule has 0 spiro atoms. The van der Waals surface area contributed by atoms with E-state index in [1.165, 1.54) is 0 Å². The van der Waals surface area contributed by atoms with Crippen molar-refractivity contribution in [1.82, 2.24) is 9.88 Å². The average Bonchev–Trinajstić information content (AvgIpc) is 2.69. The lowest BCUT2D eigenvalue weighted by atomic mass is 10.2. The highest BCUT2D eigenvalue weighted by atomic mass is 35.5. The van der Waals surface area contributed by atoms with Crippen molar-refractivity contribution in [2.75, 3.05) is 6.61 Å². The molecule has 0 aliphatic heterocycles. The Hall–Kier alpha value is -1.52. The van der Waals surface area contributed by atoms with E-state index < -0.39 is 0 Å². The van der Waals surface area contributed by atoms with Crippen LogP contribution in [0.4, 0.5) is 0 Å². The Labute approximate surface area is 123 Å². The lowest BCUT2D eigenvalue weighted by Crippen LogP contribution is -2.34. The Kier molecular flexibility index (Phi) is 4.68. The molecule has 0 bridgehead atoms. The van der Waals surface area contributed by atoms with Crippen molar-refractivity contribution in [3.63, 3.8) is 0 Å². The number of aliphatic hydroxyl groups is 1. The fourth-order valence-corrected chi connectivity index (χ4v) is 2.73. The summed E-state index contributed by atoms with van der Waals surface area (Å²) in [6, 6.07) is 7.67. The minimum absolute atomic E-state index is 0.00345. The predicted molar refractivity (Wildman–Crippen MR) is 81.2 cm³/mol. The molecule has 1 amide bonds. The van der Waals surface area contributed by atoms with Crippen molar-refractivity contribution in [2.24, 2.45) is 7.05 Å². The van der Waals surface area contributed by atoms with E-state index in [1.807, 2.05) is 42.8 Å². The van der Waals surface area contributed by atoms with Crippen molar-refractivity contribution < 1.29 is 9.90 Å². The quantitative estimate of drug-likeness (QED) is 0.891.